The number of amides is 2. The first kappa shape index (κ1) is 19.5. The number of methoxy groups -OCH3 is 1. The zero-order chi connectivity index (χ0) is 18.2. The minimum atomic E-state index is -0.590. The first-order valence-electron chi connectivity index (χ1n) is 7.29. The molecule has 0 aliphatic rings. The Morgan fingerprint density at radius 1 is 1.08 bits per heavy atom. The number of rotatable bonds is 6. The Morgan fingerprint density at radius 3 is 2.48 bits per heavy atom. The SMILES string of the molecule is COCCOC(=O)Nc1cccc(NC(=O)c2ccc(Cl)cc2I)c1. The van der Waals surface area contributed by atoms with E-state index in [1.54, 1.807) is 42.5 Å². The molecule has 0 aliphatic heterocycles. The highest BCUT2D eigenvalue weighted by Gasteiger charge is 2.11. The highest BCUT2D eigenvalue weighted by molar-refractivity contribution is 14.1. The molecule has 0 spiro atoms. The van der Waals surface area contributed by atoms with Gasteiger partial charge in [-0.25, -0.2) is 4.79 Å². The van der Waals surface area contributed by atoms with Crippen molar-refractivity contribution in [1.82, 2.24) is 0 Å². The Hall–Kier alpha value is -1.84. The van der Waals surface area contributed by atoms with Crippen molar-refractivity contribution >= 4 is 57.6 Å². The van der Waals surface area contributed by atoms with E-state index < -0.39 is 6.09 Å². The zero-order valence-electron chi connectivity index (χ0n) is 13.3. The molecule has 6 nitrogen and oxygen atoms in total. The van der Waals surface area contributed by atoms with Crippen LogP contribution in [0.3, 0.4) is 0 Å². The highest BCUT2D eigenvalue weighted by Crippen LogP contribution is 2.21. The Morgan fingerprint density at radius 2 is 1.80 bits per heavy atom. The van der Waals surface area contributed by atoms with Crippen LogP contribution in [-0.4, -0.2) is 32.3 Å². The van der Waals surface area contributed by atoms with Crippen LogP contribution in [0.5, 0.6) is 0 Å². The van der Waals surface area contributed by atoms with E-state index in [4.69, 9.17) is 21.1 Å². The fourth-order valence-corrected chi connectivity index (χ4v) is 3.03. The van der Waals surface area contributed by atoms with E-state index in [0.717, 1.165) is 3.57 Å². The summed E-state index contributed by atoms with van der Waals surface area (Å²) in [4.78, 5) is 24.0. The van der Waals surface area contributed by atoms with Gasteiger partial charge in [0.05, 0.1) is 12.2 Å². The van der Waals surface area contributed by atoms with E-state index in [0.29, 0.717) is 28.6 Å². The first-order valence-corrected chi connectivity index (χ1v) is 8.74. The highest BCUT2D eigenvalue weighted by atomic mass is 127. The Balaban J connectivity index is 2.01. The van der Waals surface area contributed by atoms with Crippen LogP contribution in [0.2, 0.25) is 5.02 Å². The van der Waals surface area contributed by atoms with Gasteiger partial charge < -0.3 is 14.8 Å². The van der Waals surface area contributed by atoms with Crippen LogP contribution in [0, 0.1) is 3.57 Å². The van der Waals surface area contributed by atoms with Crippen LogP contribution in [0.4, 0.5) is 16.2 Å². The molecule has 8 heteroatoms. The fraction of sp³-hybridized carbons (Fsp3) is 0.176. The number of benzene rings is 2. The number of carbonyl (C=O) groups excluding carboxylic acids is 2. The molecule has 0 fully saturated rings. The van der Waals surface area contributed by atoms with E-state index >= 15 is 0 Å². The lowest BCUT2D eigenvalue weighted by Gasteiger charge is -2.10. The molecule has 0 aromatic heterocycles. The lowest BCUT2D eigenvalue weighted by atomic mass is 10.2. The van der Waals surface area contributed by atoms with Gasteiger partial charge in [0.15, 0.2) is 0 Å². The summed E-state index contributed by atoms with van der Waals surface area (Å²) in [6, 6.07) is 11.8. The molecule has 2 rings (SSSR count). The lowest BCUT2D eigenvalue weighted by molar-refractivity contribution is 0.102. The molecule has 0 aliphatic carbocycles. The van der Waals surface area contributed by atoms with Crippen LogP contribution >= 0.6 is 34.2 Å². The number of carbonyl (C=O) groups is 2. The van der Waals surface area contributed by atoms with Crippen molar-refractivity contribution in [1.29, 1.82) is 0 Å². The maximum Gasteiger partial charge on any atom is 0.411 e. The largest absolute Gasteiger partial charge is 0.447 e. The van der Waals surface area contributed by atoms with Crippen LogP contribution < -0.4 is 10.6 Å². The quantitative estimate of drug-likeness (QED) is 0.481. The van der Waals surface area contributed by atoms with Crippen LogP contribution in [0.25, 0.3) is 0 Å². The first-order chi connectivity index (χ1) is 12.0. The van der Waals surface area contributed by atoms with Gasteiger partial charge in [-0.2, -0.15) is 0 Å². The number of anilines is 2. The maximum absolute atomic E-state index is 12.4. The standard InChI is InChI=1S/C17H16ClIN2O4/c1-24-7-8-25-17(23)21-13-4-2-3-12(10-13)20-16(22)14-6-5-11(18)9-15(14)19/h2-6,9-10H,7-8H2,1H3,(H,20,22)(H,21,23). The molecule has 0 heterocycles. The van der Waals surface area contributed by atoms with E-state index in [2.05, 4.69) is 33.2 Å². The molecule has 0 unspecified atom stereocenters. The number of hydrogen-bond acceptors (Lipinski definition) is 4. The molecule has 0 radical (unpaired) electrons. The van der Waals surface area contributed by atoms with Gasteiger partial charge in [0.1, 0.15) is 6.61 Å². The Kier molecular flexibility index (Phi) is 7.48. The summed E-state index contributed by atoms with van der Waals surface area (Å²) in [5, 5.41) is 5.94. The lowest BCUT2D eigenvalue weighted by Crippen LogP contribution is -2.17. The second-order valence-electron chi connectivity index (χ2n) is 4.91. The van der Waals surface area contributed by atoms with Crippen LogP contribution in [-0.2, 0) is 9.47 Å². The predicted molar refractivity (Wildman–Crippen MR) is 105 cm³/mol. The third-order valence-corrected chi connectivity index (χ3v) is 4.19. The second kappa shape index (κ2) is 9.59. The molecule has 2 aromatic rings. The maximum atomic E-state index is 12.4. The number of hydrogen-bond donors (Lipinski definition) is 2. The van der Waals surface area contributed by atoms with Gasteiger partial charge in [0.25, 0.3) is 5.91 Å². The number of nitrogens with one attached hydrogen (secondary N) is 2. The summed E-state index contributed by atoms with van der Waals surface area (Å²) >= 11 is 7.95. The van der Waals surface area contributed by atoms with Crippen molar-refractivity contribution in [2.24, 2.45) is 0 Å². The molecule has 0 saturated heterocycles. The molecule has 2 amide bonds. The monoisotopic (exact) mass is 474 g/mol. The molecular formula is C17H16ClIN2O4. The summed E-state index contributed by atoms with van der Waals surface area (Å²) < 4.78 is 10.5. The van der Waals surface area contributed by atoms with Gasteiger partial charge in [-0.15, -0.1) is 0 Å². The van der Waals surface area contributed by atoms with E-state index in [1.807, 2.05) is 0 Å². The molecule has 132 valence electrons. The average molecular weight is 475 g/mol. The van der Waals surface area contributed by atoms with Crippen LogP contribution in [0.15, 0.2) is 42.5 Å². The Labute approximate surface area is 164 Å². The molecular weight excluding hydrogens is 459 g/mol. The fourth-order valence-electron chi connectivity index (χ4n) is 1.92. The van der Waals surface area contributed by atoms with Crippen molar-refractivity contribution in [3.8, 4) is 0 Å². The van der Waals surface area contributed by atoms with E-state index in [-0.39, 0.29) is 12.5 Å². The second-order valence-corrected chi connectivity index (χ2v) is 6.51. The Bertz CT molecular complexity index is 770. The zero-order valence-corrected chi connectivity index (χ0v) is 16.3. The number of halogens is 2. The van der Waals surface area contributed by atoms with E-state index in [9.17, 15) is 9.59 Å². The van der Waals surface area contributed by atoms with Crippen molar-refractivity contribution in [3.63, 3.8) is 0 Å². The molecule has 2 N–H and O–H groups in total. The summed E-state index contributed by atoms with van der Waals surface area (Å²) in [7, 11) is 1.52. The van der Waals surface area contributed by atoms with Gasteiger partial charge >= 0.3 is 6.09 Å². The predicted octanol–water partition coefficient (Wildman–Crippen LogP) is 4.39. The van der Waals surface area contributed by atoms with Gasteiger partial charge in [-0.3, -0.25) is 10.1 Å². The summed E-state index contributed by atoms with van der Waals surface area (Å²) in [6.45, 7) is 0.483. The van der Waals surface area contributed by atoms with Gasteiger partial charge in [-0.1, -0.05) is 17.7 Å². The topological polar surface area (TPSA) is 76.7 Å². The minimum absolute atomic E-state index is 0.160. The normalized spacial score (nSPS) is 10.2. The van der Waals surface area contributed by atoms with E-state index in [1.165, 1.54) is 7.11 Å². The summed E-state index contributed by atoms with van der Waals surface area (Å²) in [5.74, 6) is -0.263. The molecule has 2 aromatic carbocycles. The molecule has 25 heavy (non-hydrogen) atoms. The van der Waals surface area contributed by atoms with Crippen LogP contribution in [0.1, 0.15) is 10.4 Å². The number of ether oxygens (including phenoxy) is 2. The minimum Gasteiger partial charge on any atom is -0.447 e. The third-order valence-electron chi connectivity index (χ3n) is 3.06. The van der Waals surface area contributed by atoms with Gasteiger partial charge in [0, 0.05) is 27.1 Å². The van der Waals surface area contributed by atoms with Gasteiger partial charge in [-0.05, 0) is 59.0 Å². The van der Waals surface area contributed by atoms with Crippen molar-refractivity contribution in [3.05, 3.63) is 56.6 Å². The summed E-state index contributed by atoms with van der Waals surface area (Å²) in [5.41, 5.74) is 1.57. The molecule has 0 bridgehead atoms. The molecule has 0 atom stereocenters. The molecule has 0 saturated carbocycles. The average Bonchev–Trinajstić information content (AvgIpc) is 2.55. The smallest absolute Gasteiger partial charge is 0.411 e. The van der Waals surface area contributed by atoms with Crippen molar-refractivity contribution in [2.45, 2.75) is 0 Å². The van der Waals surface area contributed by atoms with Crippen molar-refractivity contribution in [2.75, 3.05) is 31.0 Å². The van der Waals surface area contributed by atoms with Crippen molar-refractivity contribution < 1.29 is 19.1 Å². The summed E-state index contributed by atoms with van der Waals surface area (Å²) in [6.07, 6.45) is -0.590. The van der Waals surface area contributed by atoms with Gasteiger partial charge in [0.2, 0.25) is 0 Å². The third kappa shape index (κ3) is 6.18.